The molecule has 8 aromatic carbocycles. The van der Waals surface area contributed by atoms with Crippen molar-refractivity contribution in [3.05, 3.63) is 198 Å². The molecular weight excluding hydrogens is 671 g/mol. The number of rotatable bonds is 6. The van der Waals surface area contributed by atoms with Gasteiger partial charge in [-0.15, -0.1) is 16.4 Å². The minimum absolute atomic E-state index is 0.181. The van der Waals surface area contributed by atoms with E-state index in [0.29, 0.717) is 5.69 Å². The molecule has 0 atom stereocenters. The Morgan fingerprint density at radius 2 is 0.946 bits per heavy atom. The Kier molecular flexibility index (Phi) is 8.04. The van der Waals surface area contributed by atoms with Gasteiger partial charge in [-0.1, -0.05) is 150 Å². The first kappa shape index (κ1) is 34.2. The summed E-state index contributed by atoms with van der Waals surface area (Å²) in [7, 11) is 32.7. The van der Waals surface area contributed by atoms with Gasteiger partial charge in [0.15, 0.2) is 0 Å². The molecule has 7 heteroatoms. The lowest BCUT2D eigenvalue weighted by molar-refractivity contribution is 0.768. The zero-order valence-electron chi connectivity index (χ0n) is 30.5. The van der Waals surface area contributed by atoms with Crippen molar-refractivity contribution in [1.82, 2.24) is 4.57 Å². The molecule has 0 bridgehead atoms. The van der Waals surface area contributed by atoms with Crippen molar-refractivity contribution >= 4 is 105 Å². The van der Waals surface area contributed by atoms with Gasteiger partial charge in [-0.3, -0.25) is 0 Å². The maximum atomic E-state index is 6.76. The van der Waals surface area contributed by atoms with E-state index in [1.165, 1.54) is 33.4 Å². The van der Waals surface area contributed by atoms with Gasteiger partial charge in [-0.05, 0) is 64.2 Å². The van der Waals surface area contributed by atoms with Gasteiger partial charge < -0.3 is 9.47 Å². The smallest absolute Gasteiger partial charge is 0.115 e. The summed E-state index contributed by atoms with van der Waals surface area (Å²) < 4.78 is 2.06. The summed E-state index contributed by atoms with van der Waals surface area (Å²) in [4.78, 5) is 2.35. The maximum Gasteiger partial charge on any atom is 0.115 e. The summed E-state index contributed by atoms with van der Waals surface area (Å²) >= 11 is 0. The van der Waals surface area contributed by atoms with Crippen LogP contribution in [0.5, 0.6) is 0 Å². The van der Waals surface area contributed by atoms with Gasteiger partial charge in [0.05, 0.1) is 22.1 Å². The van der Waals surface area contributed by atoms with E-state index in [1.54, 1.807) is 0 Å². The van der Waals surface area contributed by atoms with E-state index < -0.39 is 5.41 Å². The molecule has 0 amide bonds. The molecule has 10 rings (SSSR count). The van der Waals surface area contributed by atoms with Crippen LogP contribution in [0.1, 0.15) is 22.3 Å². The number of hydrogen-bond donors (Lipinski definition) is 0. The van der Waals surface area contributed by atoms with E-state index in [0.717, 1.165) is 38.9 Å². The lowest BCUT2D eigenvalue weighted by Crippen LogP contribution is -2.56. The second-order valence-corrected chi connectivity index (χ2v) is 14.4. The molecule has 10 radical (unpaired) electrons. The molecule has 0 unspecified atom stereocenters. The second kappa shape index (κ2) is 13.2. The Hall–Kier alpha value is -6.32. The summed E-state index contributed by atoms with van der Waals surface area (Å²) in [6.45, 7) is 0. The van der Waals surface area contributed by atoms with Gasteiger partial charge >= 0.3 is 0 Å². The zero-order valence-corrected chi connectivity index (χ0v) is 30.5. The number of fused-ring (bicyclic) bond motifs is 6. The van der Waals surface area contributed by atoms with Crippen LogP contribution in [0.25, 0.3) is 38.6 Å². The number of anilines is 3. The van der Waals surface area contributed by atoms with E-state index in [-0.39, 0.29) is 27.3 Å². The minimum atomic E-state index is -0.548. The number of hydrogen-bond acceptors (Lipinski definition) is 1. The molecule has 0 N–H and O–H groups in total. The van der Waals surface area contributed by atoms with Crippen LogP contribution in [0.4, 0.5) is 17.1 Å². The highest BCUT2D eigenvalue weighted by molar-refractivity contribution is 6.68. The predicted octanol–water partition coefficient (Wildman–Crippen LogP) is 6.59. The topological polar surface area (TPSA) is 8.17 Å². The van der Waals surface area contributed by atoms with Crippen molar-refractivity contribution in [2.24, 2.45) is 0 Å². The van der Waals surface area contributed by atoms with Gasteiger partial charge in [-0.25, -0.2) is 0 Å². The van der Waals surface area contributed by atoms with Crippen molar-refractivity contribution in [3.8, 4) is 16.8 Å². The van der Waals surface area contributed by atoms with E-state index in [2.05, 4.69) is 167 Å². The molecule has 0 aliphatic heterocycles. The first-order valence-electron chi connectivity index (χ1n) is 18.7. The molecule has 0 saturated carbocycles. The largest absolute Gasteiger partial charge is 0.310 e. The van der Waals surface area contributed by atoms with Crippen molar-refractivity contribution < 1.29 is 0 Å². The van der Waals surface area contributed by atoms with E-state index >= 15 is 0 Å². The van der Waals surface area contributed by atoms with Crippen LogP contribution in [0, 0.1) is 0 Å². The third-order valence-corrected chi connectivity index (χ3v) is 11.5. The summed E-state index contributed by atoms with van der Waals surface area (Å²) in [5.41, 5.74) is 13.2. The van der Waals surface area contributed by atoms with Crippen LogP contribution in [0.2, 0.25) is 0 Å². The second-order valence-electron chi connectivity index (χ2n) is 14.4. The highest BCUT2D eigenvalue weighted by atomic mass is 15.1. The van der Waals surface area contributed by atoms with Crippen LogP contribution in [0.3, 0.4) is 0 Å². The molecule has 0 spiro atoms. The van der Waals surface area contributed by atoms with E-state index in [9.17, 15) is 0 Å². The number of nitrogens with zero attached hydrogens (tertiary/aromatic N) is 2. The lowest BCUT2D eigenvalue weighted by atomic mass is 9.61. The number of benzene rings is 8. The molecule has 0 fully saturated rings. The van der Waals surface area contributed by atoms with Crippen LogP contribution in [-0.2, 0) is 5.41 Å². The van der Waals surface area contributed by atoms with Gasteiger partial charge in [0.25, 0.3) is 0 Å². The summed E-state index contributed by atoms with van der Waals surface area (Å²) in [6.07, 6.45) is 0. The number of para-hydroxylation sites is 2. The first-order valence-corrected chi connectivity index (χ1v) is 18.7. The Balaban J connectivity index is 1.30. The summed E-state index contributed by atoms with van der Waals surface area (Å²) in [6, 6.07) is 62.5. The SMILES string of the molecule is [B]c1c([B])c([B])c(-n2c3ccccc3c3ccc(N(c4ccccc4)c4cccc5c4-c4ccccc4C5(c4ccccc4)c4ccccc4)cc32)c([B])c1[B]. The Morgan fingerprint density at radius 3 is 1.62 bits per heavy atom. The lowest BCUT2D eigenvalue weighted by Gasteiger charge is -2.34. The fraction of sp³-hybridized carbons (Fsp3) is 0.0204. The molecule has 1 aromatic heterocycles. The van der Waals surface area contributed by atoms with Crippen LogP contribution >= 0.6 is 0 Å². The Bertz CT molecular complexity index is 2910. The van der Waals surface area contributed by atoms with Crippen LogP contribution in [-0.4, -0.2) is 43.8 Å². The molecule has 1 aliphatic rings. The fourth-order valence-corrected chi connectivity index (χ4v) is 9.08. The molecule has 0 saturated heterocycles. The van der Waals surface area contributed by atoms with Crippen molar-refractivity contribution in [2.45, 2.75) is 5.41 Å². The van der Waals surface area contributed by atoms with Crippen LogP contribution < -0.4 is 32.2 Å². The van der Waals surface area contributed by atoms with E-state index in [1.807, 2.05) is 18.2 Å². The Morgan fingerprint density at radius 1 is 0.411 bits per heavy atom. The quantitative estimate of drug-likeness (QED) is 0.178. The third kappa shape index (κ3) is 4.83. The predicted molar refractivity (Wildman–Crippen MR) is 240 cm³/mol. The minimum Gasteiger partial charge on any atom is -0.310 e. The fourth-order valence-electron chi connectivity index (χ4n) is 9.08. The average molecular weight is 700 g/mol. The van der Waals surface area contributed by atoms with Crippen molar-refractivity contribution in [2.75, 3.05) is 4.90 Å². The average Bonchev–Trinajstić information content (AvgIpc) is 3.74. The molecule has 56 heavy (non-hydrogen) atoms. The van der Waals surface area contributed by atoms with Gasteiger partial charge in [0.2, 0.25) is 0 Å². The standard InChI is InChI=1S/C49H29B5N2/c50-43-44(51)46(53)48(47(54)45(43)52)56-39-25-13-11-21-34(39)35-28-27-33(29-41(35)56)55(32-19-8-3-9-20-32)40-26-14-24-38-42(40)36-22-10-12-23-37(36)49(38,30-15-4-1-5-16-30)31-17-6-2-7-18-31/h1-29H. The Labute approximate surface area is 333 Å². The first-order chi connectivity index (χ1) is 27.4. The molecule has 1 aliphatic carbocycles. The number of aromatic nitrogens is 1. The molecule has 2 nitrogen and oxygen atoms in total. The monoisotopic (exact) mass is 700 g/mol. The van der Waals surface area contributed by atoms with Gasteiger partial charge in [-0.2, -0.15) is 0 Å². The maximum absolute atomic E-state index is 6.76. The van der Waals surface area contributed by atoms with Crippen molar-refractivity contribution in [1.29, 1.82) is 0 Å². The summed E-state index contributed by atoms with van der Waals surface area (Å²) in [5.74, 6) is 0. The van der Waals surface area contributed by atoms with Crippen molar-refractivity contribution in [3.63, 3.8) is 0 Å². The highest BCUT2D eigenvalue weighted by Gasteiger charge is 2.47. The third-order valence-electron chi connectivity index (χ3n) is 11.5. The molecular formula is C49H29B5N2. The van der Waals surface area contributed by atoms with Gasteiger partial charge in [0.1, 0.15) is 39.2 Å². The van der Waals surface area contributed by atoms with Crippen LogP contribution in [0.15, 0.2) is 176 Å². The normalized spacial score (nSPS) is 12.8. The molecule has 250 valence electrons. The summed E-state index contributed by atoms with van der Waals surface area (Å²) in [5, 5.41) is 2.07. The van der Waals surface area contributed by atoms with E-state index in [4.69, 9.17) is 39.2 Å². The molecule has 1 heterocycles. The van der Waals surface area contributed by atoms with Gasteiger partial charge in [0, 0.05) is 33.4 Å². The zero-order chi connectivity index (χ0) is 38.1. The molecule has 9 aromatic rings. The highest BCUT2D eigenvalue weighted by Crippen LogP contribution is 2.59.